The Morgan fingerprint density at radius 3 is 2.43 bits per heavy atom. The van der Waals surface area contributed by atoms with Gasteiger partial charge in [-0.2, -0.15) is 0 Å². The Morgan fingerprint density at radius 1 is 1.21 bits per heavy atom. The molecular formula is C23H29NO4. The summed E-state index contributed by atoms with van der Waals surface area (Å²) in [5.41, 5.74) is 1.19. The molecule has 0 spiro atoms. The summed E-state index contributed by atoms with van der Waals surface area (Å²) in [6, 6.07) is 9.41. The average Bonchev–Trinajstić information content (AvgIpc) is 3.28. The fourth-order valence-electron chi connectivity index (χ4n) is 4.75. The van der Waals surface area contributed by atoms with Crippen LogP contribution < -0.4 is 0 Å². The van der Waals surface area contributed by atoms with E-state index < -0.39 is 17.4 Å². The van der Waals surface area contributed by atoms with Crippen LogP contribution in [0, 0.1) is 11.3 Å². The monoisotopic (exact) mass is 383 g/mol. The maximum atomic E-state index is 13.6. The van der Waals surface area contributed by atoms with E-state index in [4.69, 9.17) is 4.74 Å². The van der Waals surface area contributed by atoms with Crippen molar-refractivity contribution < 1.29 is 19.1 Å². The summed E-state index contributed by atoms with van der Waals surface area (Å²) in [5.74, 6) is -0.811. The molecule has 0 bridgehead atoms. The number of allylic oxidation sites excluding steroid dienone is 1. The molecule has 2 amide bonds. The van der Waals surface area contributed by atoms with E-state index in [9.17, 15) is 14.4 Å². The first kappa shape index (κ1) is 20.3. The second kappa shape index (κ2) is 8.29. The summed E-state index contributed by atoms with van der Waals surface area (Å²) in [6.07, 6.45) is 3.60. The van der Waals surface area contributed by atoms with E-state index in [-0.39, 0.29) is 24.3 Å². The lowest BCUT2D eigenvalue weighted by Crippen LogP contribution is -2.50. The van der Waals surface area contributed by atoms with Crippen molar-refractivity contribution in [1.29, 1.82) is 0 Å². The first-order chi connectivity index (χ1) is 13.3. The molecule has 0 N–H and O–H groups in total. The lowest BCUT2D eigenvalue weighted by atomic mass is 9.68. The van der Waals surface area contributed by atoms with Gasteiger partial charge < -0.3 is 4.74 Å². The number of Topliss-reactive ketones (excluding diaryl/α,β-unsaturated/α-hetero) is 1. The number of imide groups is 1. The van der Waals surface area contributed by atoms with Gasteiger partial charge in [0.25, 0.3) is 0 Å². The van der Waals surface area contributed by atoms with E-state index in [0.717, 1.165) is 24.0 Å². The third-order valence-corrected chi connectivity index (χ3v) is 6.23. The molecule has 5 nitrogen and oxygen atoms in total. The predicted octanol–water partition coefficient (Wildman–Crippen LogP) is 4.31. The van der Waals surface area contributed by atoms with Crippen LogP contribution in [0.15, 0.2) is 42.5 Å². The summed E-state index contributed by atoms with van der Waals surface area (Å²) < 4.78 is 5.24. The van der Waals surface area contributed by atoms with Crippen LogP contribution in [0.3, 0.4) is 0 Å². The van der Waals surface area contributed by atoms with Gasteiger partial charge in [0.15, 0.2) is 0 Å². The van der Waals surface area contributed by atoms with E-state index in [2.05, 4.69) is 6.58 Å². The van der Waals surface area contributed by atoms with Gasteiger partial charge in [0.2, 0.25) is 5.91 Å². The third kappa shape index (κ3) is 3.89. The van der Waals surface area contributed by atoms with Gasteiger partial charge in [-0.25, -0.2) is 9.69 Å². The number of ketones is 1. The van der Waals surface area contributed by atoms with Crippen LogP contribution in [0.25, 0.3) is 0 Å². The number of cyclic esters (lactones) is 1. The Hall–Kier alpha value is -2.43. The highest BCUT2D eigenvalue weighted by molar-refractivity contribution is 5.98. The molecule has 28 heavy (non-hydrogen) atoms. The minimum absolute atomic E-state index is 0.0387. The number of amides is 2. The maximum absolute atomic E-state index is 13.6. The van der Waals surface area contributed by atoms with E-state index in [1.807, 2.05) is 37.3 Å². The fourth-order valence-corrected chi connectivity index (χ4v) is 4.75. The van der Waals surface area contributed by atoms with E-state index in [1.54, 1.807) is 6.92 Å². The number of carbonyl (C=O) groups is 3. The number of rotatable bonds is 7. The molecule has 0 aromatic heterocycles. The molecule has 2 fully saturated rings. The van der Waals surface area contributed by atoms with Crippen molar-refractivity contribution in [3.05, 3.63) is 48.0 Å². The predicted molar refractivity (Wildman–Crippen MR) is 107 cm³/mol. The lowest BCUT2D eigenvalue weighted by molar-refractivity contribution is -0.145. The number of carbonyl (C=O) groups excluding carboxylic acids is 3. The normalized spacial score (nSPS) is 22.0. The Balaban J connectivity index is 1.90. The van der Waals surface area contributed by atoms with Gasteiger partial charge >= 0.3 is 6.09 Å². The Bertz CT molecular complexity index is 764. The molecule has 1 heterocycles. The fraction of sp³-hybridized carbons (Fsp3) is 0.522. The summed E-state index contributed by atoms with van der Waals surface area (Å²) >= 11 is 0. The highest BCUT2D eigenvalue weighted by atomic mass is 16.6. The highest BCUT2D eigenvalue weighted by Gasteiger charge is 2.52. The van der Waals surface area contributed by atoms with Crippen molar-refractivity contribution in [2.24, 2.45) is 11.3 Å². The number of ether oxygens (including phenoxy) is 1. The molecule has 2 aliphatic rings. The molecular weight excluding hydrogens is 354 g/mol. The highest BCUT2D eigenvalue weighted by Crippen LogP contribution is 2.48. The van der Waals surface area contributed by atoms with Crippen LogP contribution in [-0.4, -0.2) is 35.3 Å². The quantitative estimate of drug-likeness (QED) is 0.658. The van der Waals surface area contributed by atoms with Crippen molar-refractivity contribution in [2.45, 2.75) is 58.4 Å². The number of benzene rings is 1. The van der Waals surface area contributed by atoms with Gasteiger partial charge in [-0.3, -0.25) is 9.59 Å². The second-order valence-electron chi connectivity index (χ2n) is 8.26. The van der Waals surface area contributed by atoms with Crippen molar-refractivity contribution >= 4 is 17.8 Å². The smallest absolute Gasteiger partial charge is 0.416 e. The molecule has 1 aromatic rings. The summed E-state index contributed by atoms with van der Waals surface area (Å²) in [6.45, 7) is 7.61. The van der Waals surface area contributed by atoms with Crippen molar-refractivity contribution in [2.75, 3.05) is 6.61 Å². The van der Waals surface area contributed by atoms with Gasteiger partial charge in [-0.15, -0.1) is 6.58 Å². The van der Waals surface area contributed by atoms with Gasteiger partial charge in [0.05, 0.1) is 12.0 Å². The molecule has 5 heteroatoms. The second-order valence-corrected chi connectivity index (χ2v) is 8.26. The SMILES string of the molecule is C=C(C)C[C@@H](C(=O)N1C(=O)OC[C@H]1Cc1ccccc1)C1(C(C)=O)CCCC1. The van der Waals surface area contributed by atoms with Gasteiger partial charge in [0.1, 0.15) is 12.4 Å². The Kier molecular flexibility index (Phi) is 6.01. The Morgan fingerprint density at radius 2 is 1.86 bits per heavy atom. The molecule has 0 unspecified atom stereocenters. The molecule has 1 saturated heterocycles. The van der Waals surface area contributed by atoms with E-state index in [0.29, 0.717) is 25.7 Å². The van der Waals surface area contributed by atoms with E-state index in [1.165, 1.54) is 4.90 Å². The molecule has 3 rings (SSSR count). The zero-order valence-corrected chi connectivity index (χ0v) is 16.8. The van der Waals surface area contributed by atoms with Crippen LogP contribution >= 0.6 is 0 Å². The minimum atomic E-state index is -0.698. The zero-order chi connectivity index (χ0) is 20.3. The standard InChI is InChI=1S/C23H29NO4/c1-16(2)13-20(23(17(3)25)11-7-8-12-23)21(26)24-19(15-28-22(24)27)14-18-9-5-4-6-10-18/h4-6,9-10,19-20H,1,7-8,11-15H2,2-3H3/t19-,20+/m1/s1. The number of hydrogen-bond acceptors (Lipinski definition) is 4. The van der Waals surface area contributed by atoms with Crippen LogP contribution in [0.1, 0.15) is 51.5 Å². The zero-order valence-electron chi connectivity index (χ0n) is 16.8. The average molecular weight is 383 g/mol. The topological polar surface area (TPSA) is 63.7 Å². The van der Waals surface area contributed by atoms with Crippen LogP contribution in [0.4, 0.5) is 4.79 Å². The molecule has 150 valence electrons. The molecule has 1 saturated carbocycles. The first-order valence-electron chi connectivity index (χ1n) is 10.0. The number of hydrogen-bond donors (Lipinski definition) is 0. The van der Waals surface area contributed by atoms with Crippen molar-refractivity contribution in [3.8, 4) is 0 Å². The lowest BCUT2D eigenvalue weighted by Gasteiger charge is -2.37. The first-order valence-corrected chi connectivity index (χ1v) is 10.0. The molecule has 1 aliphatic heterocycles. The molecule has 2 atom stereocenters. The van der Waals surface area contributed by atoms with E-state index >= 15 is 0 Å². The van der Waals surface area contributed by atoms with Gasteiger partial charge in [-0.1, -0.05) is 48.7 Å². The van der Waals surface area contributed by atoms with Crippen LogP contribution in [0.5, 0.6) is 0 Å². The number of nitrogens with zero attached hydrogens (tertiary/aromatic N) is 1. The molecule has 0 radical (unpaired) electrons. The largest absolute Gasteiger partial charge is 0.447 e. The summed E-state index contributed by atoms with van der Waals surface area (Å²) in [7, 11) is 0. The van der Waals surface area contributed by atoms with Crippen molar-refractivity contribution in [3.63, 3.8) is 0 Å². The molecule has 1 aliphatic carbocycles. The molecule has 1 aromatic carbocycles. The van der Waals surface area contributed by atoms with Gasteiger partial charge in [0, 0.05) is 5.41 Å². The van der Waals surface area contributed by atoms with Crippen LogP contribution in [0.2, 0.25) is 0 Å². The van der Waals surface area contributed by atoms with Crippen molar-refractivity contribution in [1.82, 2.24) is 4.90 Å². The maximum Gasteiger partial charge on any atom is 0.416 e. The Labute approximate surface area is 166 Å². The summed E-state index contributed by atoms with van der Waals surface area (Å²) in [5, 5.41) is 0. The van der Waals surface area contributed by atoms with Crippen LogP contribution in [-0.2, 0) is 20.7 Å². The van der Waals surface area contributed by atoms with Gasteiger partial charge in [-0.05, 0) is 45.1 Å². The third-order valence-electron chi connectivity index (χ3n) is 6.23. The summed E-state index contributed by atoms with van der Waals surface area (Å²) in [4.78, 5) is 40.0. The minimum Gasteiger partial charge on any atom is -0.447 e.